The molecule has 1 aliphatic rings. The van der Waals surface area contributed by atoms with Crippen molar-refractivity contribution in [1.29, 1.82) is 0 Å². The molecule has 17 heavy (non-hydrogen) atoms. The maximum atomic E-state index is 12.1. The van der Waals surface area contributed by atoms with Crippen molar-refractivity contribution >= 4 is 45.2 Å². The minimum Gasteiger partial charge on any atom is -0.274 e. The molecule has 1 fully saturated rings. The van der Waals surface area contributed by atoms with E-state index in [1.54, 1.807) is 12.1 Å². The summed E-state index contributed by atoms with van der Waals surface area (Å²) in [5.74, 6) is 0.644. The predicted molar refractivity (Wildman–Crippen MR) is 73.2 cm³/mol. The van der Waals surface area contributed by atoms with Gasteiger partial charge >= 0.3 is 0 Å². The molecule has 1 aromatic rings. The highest BCUT2D eigenvalue weighted by molar-refractivity contribution is 9.10. The first-order chi connectivity index (χ1) is 8.13. The van der Waals surface area contributed by atoms with Gasteiger partial charge in [0.2, 0.25) is 11.8 Å². The number of anilines is 1. The Balaban J connectivity index is 2.24. The molecule has 5 heteroatoms. The van der Waals surface area contributed by atoms with E-state index in [9.17, 15) is 9.59 Å². The van der Waals surface area contributed by atoms with E-state index in [1.807, 2.05) is 19.1 Å². The predicted octanol–water partition coefficient (Wildman–Crippen LogP) is 2.83. The zero-order valence-corrected chi connectivity index (χ0v) is 11.8. The second-order valence-electron chi connectivity index (χ2n) is 3.69. The number of rotatable bonds is 3. The summed E-state index contributed by atoms with van der Waals surface area (Å²) in [5, 5.41) is -0.212. The summed E-state index contributed by atoms with van der Waals surface area (Å²) in [6, 6.07) is 7.21. The van der Waals surface area contributed by atoms with Gasteiger partial charge in [0.25, 0.3) is 0 Å². The topological polar surface area (TPSA) is 37.4 Å². The van der Waals surface area contributed by atoms with E-state index < -0.39 is 0 Å². The van der Waals surface area contributed by atoms with Gasteiger partial charge in [-0.1, -0.05) is 22.9 Å². The van der Waals surface area contributed by atoms with Crippen LogP contribution < -0.4 is 4.90 Å². The van der Waals surface area contributed by atoms with Crippen LogP contribution in [-0.4, -0.2) is 22.8 Å². The minimum absolute atomic E-state index is 0.0934. The van der Waals surface area contributed by atoms with E-state index in [0.29, 0.717) is 12.1 Å². The second kappa shape index (κ2) is 5.23. The Kier molecular flexibility index (Phi) is 3.89. The second-order valence-corrected chi connectivity index (χ2v) is 6.09. The summed E-state index contributed by atoms with van der Waals surface area (Å²) in [6.45, 7) is 1.99. The van der Waals surface area contributed by atoms with Gasteiger partial charge in [-0.3, -0.25) is 9.59 Å². The van der Waals surface area contributed by atoms with Crippen LogP contribution in [0.5, 0.6) is 0 Å². The van der Waals surface area contributed by atoms with Crippen molar-refractivity contribution in [1.82, 2.24) is 0 Å². The average molecular weight is 314 g/mol. The Labute approximate surface area is 113 Å². The number of nitrogens with zero attached hydrogens (tertiary/aromatic N) is 1. The van der Waals surface area contributed by atoms with Crippen LogP contribution in [0.15, 0.2) is 28.7 Å². The van der Waals surface area contributed by atoms with Gasteiger partial charge in [-0.05, 0) is 30.0 Å². The van der Waals surface area contributed by atoms with Gasteiger partial charge in [-0.15, -0.1) is 11.8 Å². The summed E-state index contributed by atoms with van der Waals surface area (Å²) in [6.07, 6.45) is 0.313. The molecule has 1 aromatic carbocycles. The molecule has 3 nitrogen and oxygen atoms in total. The fraction of sp³-hybridized carbons (Fsp3) is 0.333. The number of thioether (sulfide) groups is 1. The van der Waals surface area contributed by atoms with Gasteiger partial charge in [0, 0.05) is 10.9 Å². The van der Waals surface area contributed by atoms with Crippen molar-refractivity contribution in [3.8, 4) is 0 Å². The first kappa shape index (κ1) is 12.6. The molecule has 90 valence electrons. The molecule has 0 N–H and O–H groups in total. The number of benzene rings is 1. The van der Waals surface area contributed by atoms with E-state index in [4.69, 9.17) is 0 Å². The van der Waals surface area contributed by atoms with Crippen molar-refractivity contribution < 1.29 is 9.59 Å². The molecular weight excluding hydrogens is 302 g/mol. The Morgan fingerprint density at radius 1 is 1.35 bits per heavy atom. The van der Waals surface area contributed by atoms with Crippen LogP contribution in [0, 0.1) is 0 Å². The first-order valence-electron chi connectivity index (χ1n) is 5.37. The van der Waals surface area contributed by atoms with Crippen molar-refractivity contribution in [3.05, 3.63) is 28.7 Å². The van der Waals surface area contributed by atoms with Crippen LogP contribution in [0.3, 0.4) is 0 Å². The summed E-state index contributed by atoms with van der Waals surface area (Å²) in [7, 11) is 0. The van der Waals surface area contributed by atoms with Gasteiger partial charge in [0.1, 0.15) is 0 Å². The molecule has 1 atom stereocenters. The van der Waals surface area contributed by atoms with Crippen LogP contribution >= 0.6 is 27.7 Å². The monoisotopic (exact) mass is 313 g/mol. The maximum Gasteiger partial charge on any atom is 0.247 e. The number of imide groups is 1. The Morgan fingerprint density at radius 2 is 2.00 bits per heavy atom. The minimum atomic E-state index is -0.212. The third kappa shape index (κ3) is 2.55. The first-order valence-corrected chi connectivity index (χ1v) is 7.21. The van der Waals surface area contributed by atoms with Gasteiger partial charge in [-0.25, -0.2) is 4.90 Å². The number of amides is 2. The van der Waals surface area contributed by atoms with Crippen LogP contribution in [0.2, 0.25) is 0 Å². The molecule has 1 aliphatic heterocycles. The van der Waals surface area contributed by atoms with Crippen molar-refractivity contribution in [2.24, 2.45) is 0 Å². The van der Waals surface area contributed by atoms with Crippen molar-refractivity contribution in [3.63, 3.8) is 0 Å². The molecular formula is C12H12BrNO2S. The third-order valence-corrected chi connectivity index (χ3v) is 4.19. The molecule has 0 bridgehead atoms. The van der Waals surface area contributed by atoms with Crippen molar-refractivity contribution in [2.45, 2.75) is 18.6 Å². The normalized spacial score (nSPS) is 20.1. The quantitative estimate of drug-likeness (QED) is 0.805. The molecule has 2 rings (SSSR count). The van der Waals surface area contributed by atoms with Crippen LogP contribution in [0.1, 0.15) is 13.3 Å². The van der Waals surface area contributed by atoms with Gasteiger partial charge < -0.3 is 0 Å². The standard InChI is InChI=1S/C12H12BrNO2S/c1-2-17-10-7-11(15)14(12(10)16)9-5-3-8(13)4-6-9/h3-6,10H,2,7H2,1H3. The fourth-order valence-electron chi connectivity index (χ4n) is 1.80. The largest absolute Gasteiger partial charge is 0.274 e. The molecule has 0 aliphatic carbocycles. The summed E-state index contributed by atoms with van der Waals surface area (Å²) in [4.78, 5) is 25.2. The average Bonchev–Trinajstić information content (AvgIpc) is 2.57. The lowest BCUT2D eigenvalue weighted by atomic mass is 10.3. The van der Waals surface area contributed by atoms with E-state index in [-0.39, 0.29) is 17.1 Å². The zero-order valence-electron chi connectivity index (χ0n) is 9.35. The summed E-state index contributed by atoms with van der Waals surface area (Å²) in [5.41, 5.74) is 0.655. The van der Waals surface area contributed by atoms with Crippen LogP contribution in [-0.2, 0) is 9.59 Å². The molecule has 0 saturated carbocycles. The SMILES string of the molecule is CCSC1CC(=O)N(c2ccc(Br)cc2)C1=O. The number of hydrogen-bond acceptors (Lipinski definition) is 3. The smallest absolute Gasteiger partial charge is 0.247 e. The highest BCUT2D eigenvalue weighted by Gasteiger charge is 2.39. The highest BCUT2D eigenvalue weighted by Crippen LogP contribution is 2.30. The van der Waals surface area contributed by atoms with Crippen LogP contribution in [0.25, 0.3) is 0 Å². The molecule has 0 spiro atoms. The van der Waals surface area contributed by atoms with Crippen molar-refractivity contribution in [2.75, 3.05) is 10.7 Å². The van der Waals surface area contributed by atoms with E-state index in [1.165, 1.54) is 16.7 Å². The molecule has 0 aromatic heterocycles. The zero-order chi connectivity index (χ0) is 12.4. The van der Waals surface area contributed by atoms with E-state index in [2.05, 4.69) is 15.9 Å². The Bertz CT molecular complexity index is 446. The summed E-state index contributed by atoms with van der Waals surface area (Å²) < 4.78 is 0.930. The summed E-state index contributed by atoms with van der Waals surface area (Å²) >= 11 is 4.86. The van der Waals surface area contributed by atoms with Crippen LogP contribution in [0.4, 0.5) is 5.69 Å². The Hall–Kier alpha value is -0.810. The number of hydrogen-bond donors (Lipinski definition) is 0. The lowest BCUT2D eigenvalue weighted by Crippen LogP contribution is -2.31. The molecule has 0 radical (unpaired) electrons. The third-order valence-electron chi connectivity index (χ3n) is 2.56. The van der Waals surface area contributed by atoms with Gasteiger partial charge in [0.15, 0.2) is 0 Å². The lowest BCUT2D eigenvalue weighted by Gasteiger charge is -2.14. The highest BCUT2D eigenvalue weighted by atomic mass is 79.9. The number of halogens is 1. The molecule has 1 unspecified atom stereocenters. The lowest BCUT2D eigenvalue weighted by molar-refractivity contribution is -0.121. The number of carbonyl (C=O) groups excluding carboxylic acids is 2. The Morgan fingerprint density at radius 3 is 2.59 bits per heavy atom. The van der Waals surface area contributed by atoms with Gasteiger partial charge in [0.05, 0.1) is 10.9 Å². The molecule has 1 heterocycles. The van der Waals surface area contributed by atoms with Gasteiger partial charge in [-0.2, -0.15) is 0 Å². The van der Waals surface area contributed by atoms with E-state index >= 15 is 0 Å². The number of carbonyl (C=O) groups is 2. The van der Waals surface area contributed by atoms with E-state index in [0.717, 1.165) is 10.2 Å². The maximum absolute atomic E-state index is 12.1. The fourth-order valence-corrected chi connectivity index (χ4v) is 2.97. The molecule has 1 saturated heterocycles. The molecule has 2 amide bonds.